The second-order valence-corrected chi connectivity index (χ2v) is 17.3. The Morgan fingerprint density at radius 2 is 1.69 bits per heavy atom. The second-order valence-electron chi connectivity index (χ2n) is 12.6. The highest BCUT2D eigenvalue weighted by molar-refractivity contribution is 6.74. The summed E-state index contributed by atoms with van der Waals surface area (Å²) < 4.78 is 6.73. The first kappa shape index (κ1) is 31.1. The summed E-state index contributed by atoms with van der Waals surface area (Å²) in [5.74, 6) is 1.04. The molecule has 0 aliphatic carbocycles. The Hall–Kier alpha value is -2.41. The van der Waals surface area contributed by atoms with Crippen LogP contribution >= 0.6 is 0 Å². The van der Waals surface area contributed by atoms with E-state index < -0.39 is 8.32 Å². The van der Waals surface area contributed by atoms with Crippen molar-refractivity contribution in [3.8, 4) is 5.75 Å². The zero-order valence-corrected chi connectivity index (χ0v) is 26.8. The minimum absolute atomic E-state index is 0.0638. The second kappa shape index (κ2) is 12.8. The van der Waals surface area contributed by atoms with Gasteiger partial charge < -0.3 is 9.33 Å². The maximum absolute atomic E-state index is 13.0. The minimum atomic E-state index is -1.98. The molecule has 2 aromatic carbocycles. The minimum Gasteiger partial charge on any atom is -0.543 e. The molecule has 39 heavy (non-hydrogen) atoms. The molecule has 1 amide bonds. The van der Waals surface area contributed by atoms with Gasteiger partial charge in [0.05, 0.1) is 6.04 Å². The van der Waals surface area contributed by atoms with Crippen LogP contribution in [0.15, 0.2) is 61.2 Å². The van der Waals surface area contributed by atoms with E-state index in [2.05, 4.69) is 100 Å². The maximum Gasteiger partial charge on any atom is 0.253 e. The van der Waals surface area contributed by atoms with Crippen LogP contribution in [0.1, 0.15) is 76.0 Å². The molecule has 0 spiro atoms. The van der Waals surface area contributed by atoms with Crippen molar-refractivity contribution in [2.45, 2.75) is 84.7 Å². The van der Waals surface area contributed by atoms with Crippen LogP contribution in [0.2, 0.25) is 18.1 Å². The van der Waals surface area contributed by atoms with Gasteiger partial charge in [0, 0.05) is 50.4 Å². The summed E-state index contributed by atoms with van der Waals surface area (Å²) in [6.07, 6.45) is 2.00. The molecule has 0 saturated carbocycles. The van der Waals surface area contributed by atoms with Crippen molar-refractivity contribution in [2.75, 3.05) is 32.7 Å². The lowest BCUT2D eigenvalue weighted by atomic mass is 9.92. The molecule has 5 nitrogen and oxygen atoms in total. The van der Waals surface area contributed by atoms with Gasteiger partial charge in [0.15, 0.2) is 0 Å². The molecule has 0 N–H and O–H groups in total. The average molecular weight is 550 g/mol. The molecule has 1 fully saturated rings. The fourth-order valence-corrected chi connectivity index (χ4v) is 6.30. The van der Waals surface area contributed by atoms with Crippen molar-refractivity contribution in [1.82, 2.24) is 14.7 Å². The molecule has 0 unspecified atom stereocenters. The summed E-state index contributed by atoms with van der Waals surface area (Å²) >= 11 is 0. The number of carbonyl (C=O) groups excluding carboxylic acids is 1. The van der Waals surface area contributed by atoms with E-state index in [9.17, 15) is 4.79 Å². The highest BCUT2D eigenvalue weighted by Crippen LogP contribution is 2.39. The van der Waals surface area contributed by atoms with Crippen LogP contribution in [0.3, 0.4) is 0 Å². The fourth-order valence-electron chi connectivity index (χ4n) is 5.28. The van der Waals surface area contributed by atoms with E-state index in [1.165, 1.54) is 11.1 Å². The topological polar surface area (TPSA) is 36.0 Å². The number of nitrogens with zero attached hydrogens (tertiary/aromatic N) is 3. The summed E-state index contributed by atoms with van der Waals surface area (Å²) in [6.45, 7) is 28.3. The van der Waals surface area contributed by atoms with Crippen molar-refractivity contribution in [3.63, 3.8) is 0 Å². The van der Waals surface area contributed by atoms with Crippen LogP contribution in [0.25, 0.3) is 0 Å². The fraction of sp³-hybridized carbons (Fsp3) is 0.545. The third kappa shape index (κ3) is 7.22. The van der Waals surface area contributed by atoms with Gasteiger partial charge in [-0.2, -0.15) is 0 Å². The standard InChI is InChI=1S/C33H51N3O2Si/c1-11-21-35-23-26(5)36(24-25(35)4)31(27-17-19-28(20-18-27)32(37)34(12-2)13-3)29-15-14-16-30(22-29)38-39(9,10)33(6,7)8/h11,14-20,22,25-26,31H,1,12-13,21,23-24H2,2-10H3/t25-,26+,31-/m1/s1. The third-order valence-corrected chi connectivity index (χ3v) is 13.1. The van der Waals surface area contributed by atoms with Crippen LogP contribution in [0.4, 0.5) is 0 Å². The Kier molecular flexibility index (Phi) is 10.2. The molecule has 2 aromatic rings. The molecule has 0 aromatic heterocycles. The lowest BCUT2D eigenvalue weighted by Gasteiger charge is -2.47. The Morgan fingerprint density at radius 1 is 1.05 bits per heavy atom. The normalized spacial score (nSPS) is 19.9. The monoisotopic (exact) mass is 549 g/mol. The van der Waals surface area contributed by atoms with E-state index in [1.54, 1.807) is 0 Å². The SMILES string of the molecule is C=CCN1C[C@H](C)N([C@H](c2ccc(C(=O)N(CC)CC)cc2)c2cccc(O[Si](C)(C)C(C)(C)C)c2)C[C@H]1C. The number of hydrogen-bond donors (Lipinski definition) is 0. The lowest BCUT2D eigenvalue weighted by Crippen LogP contribution is -2.57. The third-order valence-electron chi connectivity index (χ3n) is 8.74. The van der Waals surface area contributed by atoms with Crippen molar-refractivity contribution in [3.05, 3.63) is 77.9 Å². The highest BCUT2D eigenvalue weighted by atomic mass is 28.4. The Balaban J connectivity index is 2.03. The zero-order chi connectivity index (χ0) is 29.0. The van der Waals surface area contributed by atoms with E-state index in [0.717, 1.165) is 30.9 Å². The molecular weight excluding hydrogens is 498 g/mol. The number of amides is 1. The van der Waals surface area contributed by atoms with Crippen LogP contribution in [-0.4, -0.2) is 73.7 Å². The number of rotatable bonds is 10. The lowest BCUT2D eigenvalue weighted by molar-refractivity contribution is 0.0306. The first-order valence-corrected chi connectivity index (χ1v) is 17.5. The summed E-state index contributed by atoms with van der Waals surface area (Å²) in [5.41, 5.74) is 3.17. The molecular formula is C33H51N3O2Si. The first-order chi connectivity index (χ1) is 18.3. The average Bonchev–Trinajstić information content (AvgIpc) is 2.87. The summed E-state index contributed by atoms with van der Waals surface area (Å²) in [6, 6.07) is 17.8. The van der Waals surface area contributed by atoms with Crippen LogP contribution < -0.4 is 4.43 Å². The van der Waals surface area contributed by atoms with Gasteiger partial charge in [0.2, 0.25) is 8.32 Å². The quantitative estimate of drug-likeness (QED) is 0.231. The molecule has 1 aliphatic heterocycles. The maximum atomic E-state index is 13.0. The molecule has 3 atom stereocenters. The predicted octanol–water partition coefficient (Wildman–Crippen LogP) is 7.22. The van der Waals surface area contributed by atoms with E-state index in [-0.39, 0.29) is 17.0 Å². The van der Waals surface area contributed by atoms with Crippen molar-refractivity contribution in [2.24, 2.45) is 0 Å². The number of carbonyl (C=O) groups is 1. The first-order valence-electron chi connectivity index (χ1n) is 14.6. The van der Waals surface area contributed by atoms with Crippen molar-refractivity contribution in [1.29, 1.82) is 0 Å². The Bertz CT molecular complexity index is 1100. The molecule has 0 bridgehead atoms. The molecule has 0 radical (unpaired) electrons. The van der Waals surface area contributed by atoms with E-state index >= 15 is 0 Å². The van der Waals surface area contributed by atoms with E-state index in [4.69, 9.17) is 4.43 Å². The Labute approximate surface area is 239 Å². The number of hydrogen-bond acceptors (Lipinski definition) is 4. The van der Waals surface area contributed by atoms with Gasteiger partial charge in [-0.15, -0.1) is 6.58 Å². The van der Waals surface area contributed by atoms with Gasteiger partial charge in [0.1, 0.15) is 5.75 Å². The van der Waals surface area contributed by atoms with Gasteiger partial charge in [-0.25, -0.2) is 0 Å². The molecule has 3 rings (SSSR count). The largest absolute Gasteiger partial charge is 0.543 e. The molecule has 6 heteroatoms. The van der Waals surface area contributed by atoms with Crippen LogP contribution in [0, 0.1) is 0 Å². The molecule has 1 heterocycles. The van der Waals surface area contributed by atoms with Gasteiger partial charge in [-0.3, -0.25) is 14.6 Å². The van der Waals surface area contributed by atoms with Gasteiger partial charge >= 0.3 is 0 Å². The van der Waals surface area contributed by atoms with E-state index in [0.29, 0.717) is 25.2 Å². The van der Waals surface area contributed by atoms with Gasteiger partial charge in [0.25, 0.3) is 5.91 Å². The number of piperazine rings is 1. The van der Waals surface area contributed by atoms with Gasteiger partial charge in [-0.1, -0.05) is 51.1 Å². The zero-order valence-electron chi connectivity index (χ0n) is 25.8. The van der Waals surface area contributed by atoms with Crippen molar-refractivity contribution >= 4 is 14.2 Å². The van der Waals surface area contributed by atoms with Crippen LogP contribution in [0.5, 0.6) is 5.75 Å². The van der Waals surface area contributed by atoms with Crippen LogP contribution in [-0.2, 0) is 0 Å². The summed E-state index contributed by atoms with van der Waals surface area (Å²) in [5, 5.41) is 0.126. The Morgan fingerprint density at radius 3 is 2.26 bits per heavy atom. The van der Waals surface area contributed by atoms with E-state index in [1.807, 2.05) is 37.0 Å². The van der Waals surface area contributed by atoms with Crippen molar-refractivity contribution < 1.29 is 9.22 Å². The molecule has 1 saturated heterocycles. The molecule has 1 aliphatic rings. The summed E-state index contributed by atoms with van der Waals surface area (Å²) in [7, 11) is -1.98. The van der Waals surface area contributed by atoms with Gasteiger partial charge in [-0.05, 0) is 81.2 Å². The number of benzene rings is 2. The highest BCUT2D eigenvalue weighted by Gasteiger charge is 2.39. The predicted molar refractivity (Wildman–Crippen MR) is 167 cm³/mol. The molecule has 214 valence electrons. The smallest absolute Gasteiger partial charge is 0.253 e. The summed E-state index contributed by atoms with van der Waals surface area (Å²) in [4.78, 5) is 20.0.